The van der Waals surface area contributed by atoms with Gasteiger partial charge in [0, 0.05) is 25.0 Å². The van der Waals surface area contributed by atoms with Crippen LogP contribution in [0.2, 0.25) is 0 Å². The maximum absolute atomic E-state index is 12.1. The van der Waals surface area contributed by atoms with Gasteiger partial charge in [-0.2, -0.15) is 0 Å². The summed E-state index contributed by atoms with van der Waals surface area (Å²) in [5, 5.41) is 0. The third kappa shape index (κ3) is 3.34. The van der Waals surface area contributed by atoms with Gasteiger partial charge in [-0.15, -0.1) is 12.4 Å². The Morgan fingerprint density at radius 1 is 1.25 bits per heavy atom. The molecule has 5 heteroatoms. The summed E-state index contributed by atoms with van der Waals surface area (Å²) in [7, 11) is 0. The fraction of sp³-hybridized carbons (Fsp3) is 0.909. The number of nitrogens with two attached hydrogens (primary N) is 1. The molecule has 1 saturated heterocycles. The molecule has 2 aliphatic rings. The van der Waals surface area contributed by atoms with Crippen molar-refractivity contribution in [3.8, 4) is 0 Å². The molecule has 0 spiro atoms. The first kappa shape index (κ1) is 13.7. The second-order valence-corrected chi connectivity index (χ2v) is 4.56. The molecule has 0 aromatic carbocycles. The molecule has 0 aromatic rings. The summed E-state index contributed by atoms with van der Waals surface area (Å²) in [6, 6.07) is 0.230. The van der Waals surface area contributed by atoms with E-state index in [1.165, 1.54) is 0 Å². The summed E-state index contributed by atoms with van der Waals surface area (Å²) in [4.78, 5) is 14.1. The number of halogens is 1. The van der Waals surface area contributed by atoms with Gasteiger partial charge in [0.25, 0.3) is 0 Å². The molecule has 94 valence electrons. The number of hydrogen-bond acceptors (Lipinski definition) is 3. The SMILES string of the molecule is Cl.N[C@@H]1CCC[C@H](C(=O)N2CCOCC2)C1. The Hall–Kier alpha value is -0.320. The molecule has 1 aliphatic heterocycles. The first-order valence-electron chi connectivity index (χ1n) is 5.89. The predicted molar refractivity (Wildman–Crippen MR) is 64.6 cm³/mol. The molecule has 0 unspecified atom stereocenters. The van der Waals surface area contributed by atoms with Crippen molar-refractivity contribution in [2.75, 3.05) is 26.3 Å². The van der Waals surface area contributed by atoms with Gasteiger partial charge in [0.15, 0.2) is 0 Å². The minimum absolute atomic E-state index is 0. The van der Waals surface area contributed by atoms with Gasteiger partial charge >= 0.3 is 0 Å². The fourth-order valence-corrected chi connectivity index (χ4v) is 2.49. The van der Waals surface area contributed by atoms with E-state index in [-0.39, 0.29) is 24.4 Å². The van der Waals surface area contributed by atoms with Gasteiger partial charge in [0.05, 0.1) is 13.2 Å². The zero-order valence-electron chi connectivity index (χ0n) is 9.56. The summed E-state index contributed by atoms with van der Waals surface area (Å²) < 4.78 is 5.24. The smallest absolute Gasteiger partial charge is 0.225 e. The van der Waals surface area contributed by atoms with Crippen molar-refractivity contribution in [3.05, 3.63) is 0 Å². The average molecular weight is 249 g/mol. The highest BCUT2D eigenvalue weighted by Gasteiger charge is 2.29. The quantitative estimate of drug-likeness (QED) is 0.746. The molecule has 1 heterocycles. The Morgan fingerprint density at radius 2 is 1.94 bits per heavy atom. The van der Waals surface area contributed by atoms with Crippen LogP contribution >= 0.6 is 12.4 Å². The van der Waals surface area contributed by atoms with E-state index in [9.17, 15) is 4.79 Å². The summed E-state index contributed by atoms with van der Waals surface area (Å²) in [6.07, 6.45) is 4.06. The van der Waals surface area contributed by atoms with Crippen LogP contribution in [0.25, 0.3) is 0 Å². The van der Waals surface area contributed by atoms with Crippen molar-refractivity contribution in [2.45, 2.75) is 31.7 Å². The van der Waals surface area contributed by atoms with Crippen molar-refractivity contribution < 1.29 is 9.53 Å². The molecule has 16 heavy (non-hydrogen) atoms. The molecule has 2 fully saturated rings. The lowest BCUT2D eigenvalue weighted by atomic mass is 9.85. The van der Waals surface area contributed by atoms with E-state index in [2.05, 4.69) is 0 Å². The summed E-state index contributed by atoms with van der Waals surface area (Å²) in [5.74, 6) is 0.473. The Morgan fingerprint density at radius 3 is 2.56 bits per heavy atom. The maximum Gasteiger partial charge on any atom is 0.225 e. The second-order valence-electron chi connectivity index (χ2n) is 4.56. The molecule has 1 amide bonds. The van der Waals surface area contributed by atoms with Gasteiger partial charge in [-0.05, 0) is 19.3 Å². The average Bonchev–Trinajstić information content (AvgIpc) is 2.29. The molecular formula is C11H21ClN2O2. The summed E-state index contributed by atoms with van der Waals surface area (Å²) >= 11 is 0. The van der Waals surface area contributed by atoms with E-state index in [1.807, 2.05) is 4.90 Å². The van der Waals surface area contributed by atoms with Crippen LogP contribution in [0.15, 0.2) is 0 Å². The zero-order chi connectivity index (χ0) is 10.7. The summed E-state index contributed by atoms with van der Waals surface area (Å²) in [6.45, 7) is 2.88. The van der Waals surface area contributed by atoms with E-state index in [1.54, 1.807) is 0 Å². The lowest BCUT2D eigenvalue weighted by Crippen LogP contribution is -2.45. The minimum Gasteiger partial charge on any atom is -0.378 e. The number of morpholine rings is 1. The number of carbonyl (C=O) groups excluding carboxylic acids is 1. The Kier molecular flexibility index (Phi) is 5.52. The molecule has 1 saturated carbocycles. The number of nitrogens with zero attached hydrogens (tertiary/aromatic N) is 1. The molecule has 4 nitrogen and oxygen atoms in total. The number of ether oxygens (including phenoxy) is 1. The van der Waals surface area contributed by atoms with E-state index in [0.29, 0.717) is 19.1 Å². The lowest BCUT2D eigenvalue weighted by molar-refractivity contribution is -0.140. The highest BCUT2D eigenvalue weighted by Crippen LogP contribution is 2.25. The van der Waals surface area contributed by atoms with Gasteiger partial charge in [0.1, 0.15) is 0 Å². The second kappa shape index (κ2) is 6.42. The van der Waals surface area contributed by atoms with E-state index in [0.717, 1.165) is 38.8 Å². The van der Waals surface area contributed by atoms with Crippen molar-refractivity contribution >= 4 is 18.3 Å². The van der Waals surface area contributed by atoms with Crippen molar-refractivity contribution in [2.24, 2.45) is 11.7 Å². The van der Waals surface area contributed by atoms with E-state index >= 15 is 0 Å². The number of hydrogen-bond donors (Lipinski definition) is 1. The molecule has 2 atom stereocenters. The monoisotopic (exact) mass is 248 g/mol. The molecule has 0 radical (unpaired) electrons. The number of rotatable bonds is 1. The van der Waals surface area contributed by atoms with Gasteiger partial charge in [0.2, 0.25) is 5.91 Å². The minimum atomic E-state index is 0. The van der Waals surface area contributed by atoms with Gasteiger partial charge in [-0.1, -0.05) is 6.42 Å². The molecular weight excluding hydrogens is 228 g/mol. The Labute approximate surface area is 103 Å². The van der Waals surface area contributed by atoms with Crippen molar-refractivity contribution in [1.82, 2.24) is 4.90 Å². The van der Waals surface area contributed by atoms with Crippen LogP contribution < -0.4 is 5.73 Å². The third-order valence-corrected chi connectivity index (χ3v) is 3.39. The van der Waals surface area contributed by atoms with Crippen molar-refractivity contribution in [1.29, 1.82) is 0 Å². The van der Waals surface area contributed by atoms with Crippen LogP contribution in [0.5, 0.6) is 0 Å². The normalized spacial score (nSPS) is 30.7. The highest BCUT2D eigenvalue weighted by molar-refractivity contribution is 5.85. The lowest BCUT2D eigenvalue weighted by Gasteiger charge is -2.33. The molecule has 2 N–H and O–H groups in total. The van der Waals surface area contributed by atoms with Gasteiger partial charge < -0.3 is 15.4 Å². The molecule has 1 aliphatic carbocycles. The maximum atomic E-state index is 12.1. The van der Waals surface area contributed by atoms with Crippen LogP contribution in [-0.4, -0.2) is 43.2 Å². The molecule has 2 rings (SSSR count). The van der Waals surface area contributed by atoms with E-state index < -0.39 is 0 Å². The van der Waals surface area contributed by atoms with Crippen LogP contribution in [-0.2, 0) is 9.53 Å². The number of carbonyl (C=O) groups is 1. The predicted octanol–water partition coefficient (Wildman–Crippen LogP) is 0.784. The van der Waals surface area contributed by atoms with E-state index in [4.69, 9.17) is 10.5 Å². The summed E-state index contributed by atoms with van der Waals surface area (Å²) in [5.41, 5.74) is 5.90. The largest absolute Gasteiger partial charge is 0.378 e. The third-order valence-electron chi connectivity index (χ3n) is 3.39. The topological polar surface area (TPSA) is 55.6 Å². The Balaban J connectivity index is 0.00000128. The first-order valence-corrected chi connectivity index (χ1v) is 5.89. The molecule has 0 bridgehead atoms. The fourth-order valence-electron chi connectivity index (χ4n) is 2.49. The van der Waals surface area contributed by atoms with Crippen LogP contribution in [0, 0.1) is 5.92 Å². The molecule has 0 aromatic heterocycles. The number of amides is 1. The van der Waals surface area contributed by atoms with Gasteiger partial charge in [-0.3, -0.25) is 4.79 Å². The highest BCUT2D eigenvalue weighted by atomic mass is 35.5. The van der Waals surface area contributed by atoms with Crippen LogP contribution in [0.1, 0.15) is 25.7 Å². The van der Waals surface area contributed by atoms with Gasteiger partial charge in [-0.25, -0.2) is 0 Å². The standard InChI is InChI=1S/C11H20N2O2.ClH/c12-10-3-1-2-9(8-10)11(14)13-4-6-15-7-5-13;/h9-10H,1-8,12H2;1H/t9-,10+;/m0./s1. The Bertz CT molecular complexity index is 232. The first-order chi connectivity index (χ1) is 7.27. The zero-order valence-corrected chi connectivity index (χ0v) is 10.4. The van der Waals surface area contributed by atoms with Crippen molar-refractivity contribution in [3.63, 3.8) is 0 Å². The van der Waals surface area contributed by atoms with Crippen LogP contribution in [0.4, 0.5) is 0 Å². The van der Waals surface area contributed by atoms with Crippen LogP contribution in [0.3, 0.4) is 0 Å².